The zero-order chi connectivity index (χ0) is 24.1. The summed E-state index contributed by atoms with van der Waals surface area (Å²) in [7, 11) is 0. The topological polar surface area (TPSA) is 98.7 Å². The SMILES string of the molecule is CCCCCCOc1ccc(C2c3c(-c4cc(Cl)ccc4O)n[nH]c3C(=O)N2CCCO)cc1. The fraction of sp³-hybridized carbons (Fsp3) is 0.385. The molecule has 2 heterocycles. The van der Waals surface area contributed by atoms with Gasteiger partial charge in [-0.3, -0.25) is 9.89 Å². The number of phenols is 1. The number of ether oxygens (including phenoxy) is 1. The number of rotatable bonds is 11. The first-order valence-corrected chi connectivity index (χ1v) is 12.1. The largest absolute Gasteiger partial charge is 0.507 e. The van der Waals surface area contributed by atoms with Crippen molar-refractivity contribution in [2.24, 2.45) is 0 Å². The molecule has 34 heavy (non-hydrogen) atoms. The number of hydrogen-bond acceptors (Lipinski definition) is 5. The fourth-order valence-corrected chi connectivity index (χ4v) is 4.56. The van der Waals surface area contributed by atoms with Crippen LogP contribution < -0.4 is 4.74 Å². The number of aromatic amines is 1. The molecule has 1 amide bonds. The summed E-state index contributed by atoms with van der Waals surface area (Å²) in [4.78, 5) is 15.0. The minimum absolute atomic E-state index is 0.0184. The molecule has 1 unspecified atom stereocenters. The maximum absolute atomic E-state index is 13.2. The highest BCUT2D eigenvalue weighted by atomic mass is 35.5. The Morgan fingerprint density at radius 1 is 1.12 bits per heavy atom. The van der Waals surface area contributed by atoms with Crippen LogP contribution in [0.15, 0.2) is 42.5 Å². The van der Waals surface area contributed by atoms with Gasteiger partial charge in [0.25, 0.3) is 5.91 Å². The van der Waals surface area contributed by atoms with Crippen molar-refractivity contribution in [2.75, 3.05) is 19.8 Å². The van der Waals surface area contributed by atoms with E-state index in [1.807, 2.05) is 24.3 Å². The zero-order valence-electron chi connectivity index (χ0n) is 19.3. The highest BCUT2D eigenvalue weighted by molar-refractivity contribution is 6.31. The van der Waals surface area contributed by atoms with Crippen molar-refractivity contribution < 1.29 is 19.7 Å². The van der Waals surface area contributed by atoms with Gasteiger partial charge in [0.15, 0.2) is 0 Å². The minimum Gasteiger partial charge on any atom is -0.507 e. The van der Waals surface area contributed by atoms with Gasteiger partial charge in [-0.2, -0.15) is 5.10 Å². The average Bonchev–Trinajstić information content (AvgIpc) is 3.38. The van der Waals surface area contributed by atoms with Crippen molar-refractivity contribution >= 4 is 17.5 Å². The van der Waals surface area contributed by atoms with Crippen LogP contribution in [-0.4, -0.2) is 51.0 Å². The number of carbonyl (C=O) groups excluding carboxylic acids is 1. The van der Waals surface area contributed by atoms with E-state index in [1.54, 1.807) is 17.0 Å². The number of nitrogens with zero attached hydrogens (tertiary/aromatic N) is 2. The maximum atomic E-state index is 13.2. The summed E-state index contributed by atoms with van der Waals surface area (Å²) in [5.41, 5.74) is 2.91. The van der Waals surface area contributed by atoms with Gasteiger partial charge in [0.05, 0.1) is 12.6 Å². The molecule has 180 valence electrons. The number of phenolic OH excluding ortho intramolecular Hbond substituents is 1. The number of aliphatic hydroxyl groups excluding tert-OH is 1. The van der Waals surface area contributed by atoms with E-state index in [0.717, 1.165) is 24.2 Å². The number of aromatic nitrogens is 2. The highest BCUT2D eigenvalue weighted by Crippen LogP contribution is 2.45. The van der Waals surface area contributed by atoms with Gasteiger partial charge in [-0.05, 0) is 48.7 Å². The molecule has 0 bridgehead atoms. The maximum Gasteiger partial charge on any atom is 0.273 e. The number of aromatic hydroxyl groups is 1. The van der Waals surface area contributed by atoms with Gasteiger partial charge < -0.3 is 19.8 Å². The number of benzene rings is 2. The third-order valence-electron chi connectivity index (χ3n) is 6.10. The minimum atomic E-state index is -0.417. The van der Waals surface area contributed by atoms with Gasteiger partial charge >= 0.3 is 0 Å². The highest BCUT2D eigenvalue weighted by Gasteiger charge is 2.42. The van der Waals surface area contributed by atoms with Crippen LogP contribution in [0.5, 0.6) is 11.5 Å². The summed E-state index contributed by atoms with van der Waals surface area (Å²) in [5.74, 6) is 0.627. The molecule has 0 spiro atoms. The number of fused-ring (bicyclic) bond motifs is 1. The molecule has 1 atom stereocenters. The van der Waals surface area contributed by atoms with Crippen molar-refractivity contribution in [2.45, 2.75) is 45.1 Å². The molecule has 0 fully saturated rings. The number of amides is 1. The van der Waals surface area contributed by atoms with Crippen LogP contribution in [0, 0.1) is 0 Å². The van der Waals surface area contributed by atoms with Crippen molar-refractivity contribution in [3.8, 4) is 22.8 Å². The van der Waals surface area contributed by atoms with E-state index >= 15 is 0 Å². The van der Waals surface area contributed by atoms with Crippen LogP contribution in [0.4, 0.5) is 0 Å². The van der Waals surface area contributed by atoms with E-state index in [0.29, 0.717) is 47.1 Å². The molecular formula is C26H30ClN3O4. The molecule has 7 nitrogen and oxygen atoms in total. The lowest BCUT2D eigenvalue weighted by molar-refractivity contribution is 0.0732. The Morgan fingerprint density at radius 2 is 1.91 bits per heavy atom. The molecule has 1 aliphatic heterocycles. The molecule has 8 heteroatoms. The lowest BCUT2D eigenvalue weighted by atomic mass is 9.95. The Balaban J connectivity index is 1.66. The summed E-state index contributed by atoms with van der Waals surface area (Å²) in [6.07, 6.45) is 5.02. The third kappa shape index (κ3) is 4.91. The summed E-state index contributed by atoms with van der Waals surface area (Å²) in [5, 5.41) is 27.6. The predicted molar refractivity (Wildman–Crippen MR) is 131 cm³/mol. The fourth-order valence-electron chi connectivity index (χ4n) is 4.38. The molecular weight excluding hydrogens is 454 g/mol. The number of unbranched alkanes of at least 4 members (excludes halogenated alkanes) is 3. The first-order chi connectivity index (χ1) is 16.5. The predicted octanol–water partition coefficient (Wildman–Crippen LogP) is 5.32. The molecule has 4 rings (SSSR count). The van der Waals surface area contributed by atoms with Crippen molar-refractivity contribution in [1.82, 2.24) is 15.1 Å². The molecule has 3 N–H and O–H groups in total. The van der Waals surface area contributed by atoms with E-state index in [2.05, 4.69) is 17.1 Å². The van der Waals surface area contributed by atoms with E-state index in [1.165, 1.54) is 18.9 Å². The Bertz CT molecular complexity index is 1130. The van der Waals surface area contributed by atoms with Crippen LogP contribution >= 0.6 is 11.6 Å². The van der Waals surface area contributed by atoms with Crippen LogP contribution in [0.2, 0.25) is 5.02 Å². The number of aliphatic hydroxyl groups is 1. The number of halogens is 1. The molecule has 2 aromatic carbocycles. The van der Waals surface area contributed by atoms with Gasteiger partial charge in [-0.25, -0.2) is 0 Å². The van der Waals surface area contributed by atoms with Crippen molar-refractivity contribution in [3.05, 3.63) is 64.3 Å². The van der Waals surface area contributed by atoms with Gasteiger partial charge in [0.2, 0.25) is 0 Å². The summed E-state index contributed by atoms with van der Waals surface area (Å²) >= 11 is 6.18. The van der Waals surface area contributed by atoms with Gasteiger partial charge in [0, 0.05) is 29.3 Å². The second-order valence-corrected chi connectivity index (χ2v) is 8.92. The van der Waals surface area contributed by atoms with Crippen LogP contribution in [0.25, 0.3) is 11.3 Å². The van der Waals surface area contributed by atoms with Gasteiger partial charge in [-0.1, -0.05) is 49.9 Å². The Hall–Kier alpha value is -3.03. The third-order valence-corrected chi connectivity index (χ3v) is 6.33. The summed E-state index contributed by atoms with van der Waals surface area (Å²) in [6, 6.07) is 12.1. The number of H-pyrrole nitrogens is 1. The van der Waals surface area contributed by atoms with Crippen LogP contribution in [0.3, 0.4) is 0 Å². The molecule has 0 saturated heterocycles. The second-order valence-electron chi connectivity index (χ2n) is 8.48. The van der Waals surface area contributed by atoms with Crippen LogP contribution in [-0.2, 0) is 0 Å². The molecule has 0 aliphatic carbocycles. The standard InChI is InChI=1S/C26H30ClN3O4/c1-2-3-4-5-15-34-19-10-7-17(8-11-19)25-22-23(20-16-18(27)9-12-21(20)32)28-29-24(22)26(33)30(25)13-6-14-31/h7-12,16,25,31-32H,2-6,13-15H2,1H3,(H,28,29). The summed E-state index contributed by atoms with van der Waals surface area (Å²) in [6.45, 7) is 3.23. The first kappa shape index (κ1) is 24.1. The molecule has 0 radical (unpaired) electrons. The van der Waals surface area contributed by atoms with Crippen molar-refractivity contribution in [1.29, 1.82) is 0 Å². The van der Waals surface area contributed by atoms with E-state index in [-0.39, 0.29) is 18.3 Å². The number of hydrogen-bond donors (Lipinski definition) is 3. The Labute approximate surface area is 204 Å². The average molecular weight is 484 g/mol. The Kier molecular flexibility index (Phi) is 7.75. The second kappa shape index (κ2) is 10.9. The smallest absolute Gasteiger partial charge is 0.273 e. The van der Waals surface area contributed by atoms with Gasteiger partial charge in [0.1, 0.15) is 22.9 Å². The molecule has 1 aromatic heterocycles. The van der Waals surface area contributed by atoms with E-state index < -0.39 is 6.04 Å². The quantitative estimate of drug-likeness (QED) is 0.320. The lowest BCUT2D eigenvalue weighted by Crippen LogP contribution is -2.31. The first-order valence-electron chi connectivity index (χ1n) is 11.8. The van der Waals surface area contributed by atoms with E-state index in [9.17, 15) is 15.0 Å². The number of nitrogens with one attached hydrogen (secondary N) is 1. The number of carbonyl (C=O) groups is 1. The van der Waals surface area contributed by atoms with Crippen molar-refractivity contribution in [3.63, 3.8) is 0 Å². The normalized spacial score (nSPS) is 15.1. The molecule has 0 saturated carbocycles. The molecule has 1 aliphatic rings. The lowest BCUT2D eigenvalue weighted by Gasteiger charge is -2.26. The Morgan fingerprint density at radius 3 is 2.65 bits per heavy atom. The molecule has 3 aromatic rings. The van der Waals surface area contributed by atoms with Crippen LogP contribution in [0.1, 0.15) is 66.7 Å². The van der Waals surface area contributed by atoms with E-state index in [4.69, 9.17) is 16.3 Å². The zero-order valence-corrected chi connectivity index (χ0v) is 20.0. The summed E-state index contributed by atoms with van der Waals surface area (Å²) < 4.78 is 5.88. The van der Waals surface area contributed by atoms with Gasteiger partial charge in [-0.15, -0.1) is 0 Å². The monoisotopic (exact) mass is 483 g/mol.